The predicted octanol–water partition coefficient (Wildman–Crippen LogP) is 2.02. The van der Waals surface area contributed by atoms with E-state index in [1.165, 1.54) is 7.05 Å². The highest BCUT2D eigenvalue weighted by Gasteiger charge is 2.23. The van der Waals surface area contributed by atoms with E-state index in [4.69, 9.17) is 0 Å². The molecular weight excluding hydrogens is 268 g/mol. The van der Waals surface area contributed by atoms with E-state index >= 15 is 0 Å². The van der Waals surface area contributed by atoms with Crippen molar-refractivity contribution in [3.63, 3.8) is 0 Å². The molecule has 0 aromatic carbocycles. The fraction of sp³-hybridized carbons (Fsp3) is 0.750. The van der Waals surface area contributed by atoms with Gasteiger partial charge in [0.15, 0.2) is 10.0 Å². The van der Waals surface area contributed by atoms with Crippen LogP contribution in [-0.2, 0) is 14.9 Å². The first-order valence-corrected chi connectivity index (χ1v) is 7.31. The third-order valence-corrected chi connectivity index (χ3v) is 5.00. The molecule has 8 heteroatoms. The van der Waals surface area contributed by atoms with Crippen LogP contribution in [0.5, 0.6) is 0 Å². The van der Waals surface area contributed by atoms with Gasteiger partial charge < -0.3 is 4.84 Å². The van der Waals surface area contributed by atoms with Crippen LogP contribution in [0.15, 0.2) is 0 Å². The summed E-state index contributed by atoms with van der Waals surface area (Å²) in [5.74, 6) is 0. The van der Waals surface area contributed by atoms with Gasteiger partial charge in [-0.1, -0.05) is 12.2 Å². The topological polar surface area (TPSA) is 58.6 Å². The smallest absolute Gasteiger partial charge is 0.323 e. The van der Waals surface area contributed by atoms with Gasteiger partial charge in [-0.25, -0.2) is 18.8 Å². The number of rotatable bonds is 2. The second kappa shape index (κ2) is 6.41. The molecule has 0 bridgehead atoms. The largest absolute Gasteiger partial charge is 0.446 e. The molecule has 1 atom stereocenters. The number of hydroxylamine groups is 1. The minimum Gasteiger partial charge on any atom is -0.323 e. The van der Waals surface area contributed by atoms with Crippen LogP contribution in [0.2, 0.25) is 0 Å². The molecule has 0 spiro atoms. The Hall–Kier alpha value is -0.340. The normalized spacial score (nSPS) is 12.8. The quantitative estimate of drug-likeness (QED) is 0.475. The molecule has 1 N–H and O–H groups in total. The lowest BCUT2D eigenvalue weighted by Crippen LogP contribution is -2.34. The van der Waals surface area contributed by atoms with Crippen LogP contribution in [0, 0.1) is 0 Å². The zero-order chi connectivity index (χ0) is 12.9. The average molecular weight is 284 g/mol. The molecule has 1 amide bonds. The maximum atomic E-state index is 11.7. The van der Waals surface area contributed by atoms with Gasteiger partial charge >= 0.3 is 6.09 Å². The SMILES string of the molecule is CC(=S)NOC(=O)N(C)S(=O)SC(C)(C)C. The second-order valence-corrected chi connectivity index (χ2v) is 8.28. The number of hydrogen-bond acceptors (Lipinski definition) is 5. The second-order valence-electron chi connectivity index (χ2n) is 3.94. The molecule has 0 heterocycles. The van der Waals surface area contributed by atoms with Crippen LogP contribution < -0.4 is 5.48 Å². The molecule has 1 unspecified atom stereocenters. The highest BCUT2D eigenvalue weighted by atomic mass is 33.1. The summed E-state index contributed by atoms with van der Waals surface area (Å²) in [5, 5.41) is 0. The van der Waals surface area contributed by atoms with Crippen molar-refractivity contribution in [3.05, 3.63) is 0 Å². The lowest BCUT2D eigenvalue weighted by atomic mass is 10.3. The van der Waals surface area contributed by atoms with E-state index < -0.39 is 16.1 Å². The third-order valence-electron chi connectivity index (χ3n) is 1.08. The zero-order valence-corrected chi connectivity index (χ0v) is 12.3. The molecule has 0 aliphatic heterocycles. The molecule has 0 rings (SSSR count). The third kappa shape index (κ3) is 7.02. The Bertz CT molecular complexity index is 301. The number of carbonyl (C=O) groups excluding carboxylic acids is 1. The van der Waals surface area contributed by atoms with Gasteiger partial charge in [0.25, 0.3) is 0 Å². The zero-order valence-electron chi connectivity index (χ0n) is 9.90. The summed E-state index contributed by atoms with van der Waals surface area (Å²) in [4.78, 5) is 16.3. The molecule has 94 valence electrons. The number of nitrogens with zero attached hydrogens (tertiary/aromatic N) is 1. The van der Waals surface area contributed by atoms with Gasteiger partial charge in [-0.05, 0) is 38.5 Å². The van der Waals surface area contributed by atoms with Crippen molar-refractivity contribution in [2.24, 2.45) is 0 Å². The lowest BCUT2D eigenvalue weighted by molar-refractivity contribution is 0.107. The summed E-state index contributed by atoms with van der Waals surface area (Å²) in [5.41, 5.74) is 2.24. The van der Waals surface area contributed by atoms with Crippen molar-refractivity contribution in [1.29, 1.82) is 0 Å². The first-order valence-electron chi connectivity index (χ1n) is 4.46. The Morgan fingerprint density at radius 2 is 2.00 bits per heavy atom. The summed E-state index contributed by atoms with van der Waals surface area (Å²) < 4.78 is 12.5. The van der Waals surface area contributed by atoms with E-state index in [2.05, 4.69) is 22.5 Å². The van der Waals surface area contributed by atoms with Crippen LogP contribution in [-0.4, -0.2) is 31.4 Å². The molecule has 0 aliphatic carbocycles. The fourth-order valence-corrected chi connectivity index (χ4v) is 3.05. The van der Waals surface area contributed by atoms with Crippen LogP contribution in [0.3, 0.4) is 0 Å². The first-order chi connectivity index (χ1) is 7.13. The number of nitrogens with one attached hydrogen (secondary N) is 1. The molecule has 5 nitrogen and oxygen atoms in total. The minimum absolute atomic E-state index is 0.202. The number of thiocarbonyl (C=S) groups is 1. The number of carbonyl (C=O) groups is 1. The van der Waals surface area contributed by atoms with Crippen LogP contribution in [0.1, 0.15) is 27.7 Å². The van der Waals surface area contributed by atoms with Gasteiger partial charge in [0.2, 0.25) is 0 Å². The van der Waals surface area contributed by atoms with Gasteiger partial charge in [-0.3, -0.25) is 0 Å². The average Bonchev–Trinajstić information content (AvgIpc) is 2.10. The van der Waals surface area contributed by atoms with E-state index in [-0.39, 0.29) is 4.75 Å². The molecule has 0 aromatic heterocycles. The Kier molecular flexibility index (Phi) is 6.27. The summed E-state index contributed by atoms with van der Waals surface area (Å²) in [6.07, 6.45) is -0.737. The highest BCUT2D eigenvalue weighted by Crippen LogP contribution is 2.28. The molecule has 0 saturated carbocycles. The van der Waals surface area contributed by atoms with Crippen LogP contribution >= 0.6 is 23.0 Å². The van der Waals surface area contributed by atoms with Gasteiger partial charge in [-0.2, -0.15) is 0 Å². The lowest BCUT2D eigenvalue weighted by Gasteiger charge is -2.21. The summed E-state index contributed by atoms with van der Waals surface area (Å²) >= 11 is 4.67. The summed E-state index contributed by atoms with van der Waals surface area (Å²) in [7, 11) is 1.08. The Balaban J connectivity index is 4.22. The van der Waals surface area contributed by atoms with Crippen molar-refractivity contribution < 1.29 is 13.8 Å². The van der Waals surface area contributed by atoms with Gasteiger partial charge in [0.1, 0.15) is 4.99 Å². The Morgan fingerprint density at radius 3 is 2.38 bits per heavy atom. The van der Waals surface area contributed by atoms with E-state index in [1.807, 2.05) is 20.8 Å². The predicted molar refractivity (Wildman–Crippen MR) is 71.1 cm³/mol. The van der Waals surface area contributed by atoms with E-state index in [1.54, 1.807) is 6.92 Å². The van der Waals surface area contributed by atoms with Crippen LogP contribution in [0.4, 0.5) is 4.79 Å². The molecule has 0 saturated heterocycles. The monoisotopic (exact) mass is 284 g/mol. The first kappa shape index (κ1) is 15.7. The maximum Gasteiger partial charge on any atom is 0.446 e. The standard InChI is InChI=1S/C8H16N2O3S3/c1-6(14)9-13-7(11)10(5)16(12)15-8(2,3)4/h1-5H3,(H,9,14). The van der Waals surface area contributed by atoms with Gasteiger partial charge in [-0.15, -0.1) is 0 Å². The van der Waals surface area contributed by atoms with Crippen molar-refractivity contribution in [1.82, 2.24) is 9.79 Å². The maximum absolute atomic E-state index is 11.7. The molecule has 16 heavy (non-hydrogen) atoms. The molecule has 0 aromatic rings. The van der Waals surface area contributed by atoms with Crippen LogP contribution in [0.25, 0.3) is 0 Å². The Morgan fingerprint density at radius 1 is 1.50 bits per heavy atom. The van der Waals surface area contributed by atoms with Crippen molar-refractivity contribution in [3.8, 4) is 0 Å². The van der Waals surface area contributed by atoms with E-state index in [9.17, 15) is 9.00 Å². The van der Waals surface area contributed by atoms with Crippen molar-refractivity contribution in [2.75, 3.05) is 7.05 Å². The summed E-state index contributed by atoms with van der Waals surface area (Å²) in [6.45, 7) is 7.31. The molecular formula is C8H16N2O3S3. The Labute approximate surface area is 107 Å². The fourth-order valence-electron chi connectivity index (χ4n) is 0.510. The number of amides is 1. The molecule has 0 aliphatic rings. The van der Waals surface area contributed by atoms with Gasteiger partial charge in [0.05, 0.1) is 0 Å². The minimum atomic E-state index is -1.49. The summed E-state index contributed by atoms with van der Waals surface area (Å²) in [6, 6.07) is 0. The number of hydrogen-bond donors (Lipinski definition) is 1. The molecule has 0 radical (unpaired) electrons. The van der Waals surface area contributed by atoms with Crippen molar-refractivity contribution >= 4 is 44.1 Å². The van der Waals surface area contributed by atoms with Crippen molar-refractivity contribution in [2.45, 2.75) is 32.4 Å². The van der Waals surface area contributed by atoms with E-state index in [0.717, 1.165) is 15.1 Å². The van der Waals surface area contributed by atoms with E-state index in [0.29, 0.717) is 4.99 Å². The van der Waals surface area contributed by atoms with Gasteiger partial charge in [0, 0.05) is 11.8 Å². The molecule has 0 fully saturated rings. The highest BCUT2D eigenvalue weighted by molar-refractivity contribution is 8.68.